The smallest absolute Gasteiger partial charge is 0.253 e. The average Bonchev–Trinajstić information content (AvgIpc) is 2.82. The highest BCUT2D eigenvalue weighted by molar-refractivity contribution is 5.96. The zero-order valence-electron chi connectivity index (χ0n) is 12.7. The van der Waals surface area contributed by atoms with Gasteiger partial charge in [-0.05, 0) is 31.5 Å². The normalized spacial score (nSPS) is 21.4. The van der Waals surface area contributed by atoms with Crippen LogP contribution < -0.4 is 16.4 Å². The molecule has 1 aliphatic rings. The molecule has 0 bridgehead atoms. The van der Waals surface area contributed by atoms with Crippen LogP contribution in [0.4, 0.5) is 11.4 Å². The quantitative estimate of drug-likeness (QED) is 0.800. The van der Waals surface area contributed by atoms with Crippen LogP contribution in [0.3, 0.4) is 0 Å². The van der Waals surface area contributed by atoms with Crippen LogP contribution in [0.1, 0.15) is 23.7 Å². The number of hydrogen-bond acceptors (Lipinski definition) is 4. The number of carbonyl (C=O) groups excluding carboxylic acids is 2. The minimum atomic E-state index is -0.548. The summed E-state index contributed by atoms with van der Waals surface area (Å²) in [5.74, 6) is -0.378. The number of rotatable bonds is 3. The molecule has 6 nitrogen and oxygen atoms in total. The van der Waals surface area contributed by atoms with Crippen molar-refractivity contribution in [1.82, 2.24) is 4.90 Å². The Bertz CT molecular complexity index is 585. The molecule has 0 spiro atoms. The van der Waals surface area contributed by atoms with Crippen LogP contribution in [-0.2, 0) is 4.79 Å². The van der Waals surface area contributed by atoms with Crippen molar-refractivity contribution in [3.05, 3.63) is 23.8 Å². The van der Waals surface area contributed by atoms with Gasteiger partial charge in [0.1, 0.15) is 0 Å². The van der Waals surface area contributed by atoms with Crippen molar-refractivity contribution in [2.24, 2.45) is 11.1 Å². The number of amides is 2. The molecule has 1 aliphatic heterocycles. The van der Waals surface area contributed by atoms with Crippen molar-refractivity contribution in [1.29, 1.82) is 0 Å². The minimum absolute atomic E-state index is 0.0758. The first-order chi connectivity index (χ1) is 9.74. The van der Waals surface area contributed by atoms with Crippen LogP contribution in [0.2, 0.25) is 0 Å². The first kappa shape index (κ1) is 15.2. The summed E-state index contributed by atoms with van der Waals surface area (Å²) in [7, 11) is 3.41. The van der Waals surface area contributed by atoms with Crippen molar-refractivity contribution in [2.75, 3.05) is 37.8 Å². The lowest BCUT2D eigenvalue weighted by Crippen LogP contribution is -2.37. The van der Waals surface area contributed by atoms with E-state index < -0.39 is 5.41 Å². The molecule has 1 heterocycles. The Morgan fingerprint density at radius 2 is 2.00 bits per heavy atom. The van der Waals surface area contributed by atoms with E-state index in [0.29, 0.717) is 30.8 Å². The van der Waals surface area contributed by atoms with Crippen molar-refractivity contribution in [2.45, 2.75) is 13.3 Å². The fourth-order valence-electron chi connectivity index (χ4n) is 2.58. The third-order valence-corrected chi connectivity index (χ3v) is 4.09. The summed E-state index contributed by atoms with van der Waals surface area (Å²) >= 11 is 0. The molecule has 114 valence electrons. The van der Waals surface area contributed by atoms with Crippen LogP contribution in [0.15, 0.2) is 18.2 Å². The predicted octanol–water partition coefficient (Wildman–Crippen LogP) is 0.672. The summed E-state index contributed by atoms with van der Waals surface area (Å²) in [5, 5.41) is 0. The summed E-state index contributed by atoms with van der Waals surface area (Å²) in [6, 6.07) is 5.22. The van der Waals surface area contributed by atoms with Gasteiger partial charge in [0.25, 0.3) is 5.91 Å². The molecule has 0 aromatic heterocycles. The fraction of sp³-hybridized carbons (Fsp3) is 0.467. The van der Waals surface area contributed by atoms with Crippen molar-refractivity contribution in [3.8, 4) is 0 Å². The van der Waals surface area contributed by atoms with Gasteiger partial charge in [0.15, 0.2) is 0 Å². The van der Waals surface area contributed by atoms with E-state index in [0.717, 1.165) is 5.69 Å². The molecule has 4 N–H and O–H groups in total. The first-order valence-electron chi connectivity index (χ1n) is 6.90. The molecule has 6 heteroatoms. The summed E-state index contributed by atoms with van der Waals surface area (Å²) in [6.45, 7) is 3.08. The molecular weight excluding hydrogens is 268 g/mol. The lowest BCUT2D eigenvalue weighted by molar-refractivity contribution is -0.125. The Kier molecular flexibility index (Phi) is 3.80. The third kappa shape index (κ3) is 2.79. The molecule has 1 aromatic rings. The molecule has 1 aromatic carbocycles. The number of nitrogen functional groups attached to an aromatic ring is 1. The standard InChI is InChI=1S/C15H22N4O2/c1-15(14(17)21)6-7-19(9-15)12-8-10(4-5-11(12)16)13(20)18(2)3/h4-5,8H,6-7,9,16H2,1-3H3,(H2,17,21). The van der Waals surface area contributed by atoms with Crippen molar-refractivity contribution in [3.63, 3.8) is 0 Å². The second kappa shape index (κ2) is 5.27. The Hall–Kier alpha value is -2.24. The zero-order chi connectivity index (χ0) is 15.8. The number of carbonyl (C=O) groups is 2. The Labute approximate surface area is 124 Å². The molecule has 2 rings (SSSR count). The summed E-state index contributed by atoms with van der Waals surface area (Å²) in [6.07, 6.45) is 0.688. The van der Waals surface area contributed by atoms with Gasteiger partial charge in [-0.15, -0.1) is 0 Å². The maximum Gasteiger partial charge on any atom is 0.253 e. The minimum Gasteiger partial charge on any atom is -0.397 e. The highest BCUT2D eigenvalue weighted by Gasteiger charge is 2.39. The fourth-order valence-corrected chi connectivity index (χ4v) is 2.58. The molecule has 1 atom stereocenters. The molecular formula is C15H22N4O2. The lowest BCUT2D eigenvalue weighted by atomic mass is 9.89. The molecule has 1 saturated heterocycles. The van der Waals surface area contributed by atoms with E-state index in [4.69, 9.17) is 11.5 Å². The van der Waals surface area contributed by atoms with Gasteiger partial charge in [-0.3, -0.25) is 9.59 Å². The number of benzene rings is 1. The van der Waals surface area contributed by atoms with Gasteiger partial charge in [0.2, 0.25) is 5.91 Å². The number of primary amides is 1. The van der Waals surface area contributed by atoms with Gasteiger partial charge < -0.3 is 21.3 Å². The van der Waals surface area contributed by atoms with Gasteiger partial charge in [-0.25, -0.2) is 0 Å². The third-order valence-electron chi connectivity index (χ3n) is 4.09. The van der Waals surface area contributed by atoms with Crippen LogP contribution in [0.25, 0.3) is 0 Å². The largest absolute Gasteiger partial charge is 0.397 e. The highest BCUT2D eigenvalue weighted by Crippen LogP contribution is 2.35. The van der Waals surface area contributed by atoms with E-state index in [1.54, 1.807) is 32.3 Å². The maximum absolute atomic E-state index is 12.1. The van der Waals surface area contributed by atoms with E-state index in [1.165, 1.54) is 4.90 Å². The number of nitrogens with two attached hydrogens (primary N) is 2. The van der Waals surface area contributed by atoms with Gasteiger partial charge >= 0.3 is 0 Å². The van der Waals surface area contributed by atoms with E-state index in [-0.39, 0.29) is 11.8 Å². The average molecular weight is 290 g/mol. The summed E-state index contributed by atoms with van der Waals surface area (Å²) < 4.78 is 0. The Morgan fingerprint density at radius 3 is 2.52 bits per heavy atom. The second-order valence-electron chi connectivity index (χ2n) is 6.07. The number of nitrogens with zero attached hydrogens (tertiary/aromatic N) is 2. The van der Waals surface area contributed by atoms with Gasteiger partial charge in [-0.2, -0.15) is 0 Å². The molecule has 1 unspecified atom stereocenters. The first-order valence-corrected chi connectivity index (χ1v) is 6.90. The number of anilines is 2. The van der Waals surface area contributed by atoms with E-state index in [1.807, 2.05) is 11.8 Å². The van der Waals surface area contributed by atoms with E-state index in [2.05, 4.69) is 0 Å². The monoisotopic (exact) mass is 290 g/mol. The molecule has 1 fully saturated rings. The topological polar surface area (TPSA) is 92.7 Å². The van der Waals surface area contributed by atoms with Gasteiger partial charge in [-0.1, -0.05) is 0 Å². The molecule has 21 heavy (non-hydrogen) atoms. The van der Waals surface area contributed by atoms with E-state index >= 15 is 0 Å². The van der Waals surface area contributed by atoms with Crippen molar-refractivity contribution >= 4 is 23.2 Å². The van der Waals surface area contributed by atoms with Crippen molar-refractivity contribution < 1.29 is 9.59 Å². The predicted molar refractivity (Wildman–Crippen MR) is 83.0 cm³/mol. The molecule has 0 aliphatic carbocycles. The molecule has 0 saturated carbocycles. The second-order valence-corrected chi connectivity index (χ2v) is 6.07. The van der Waals surface area contributed by atoms with Crippen LogP contribution in [0, 0.1) is 5.41 Å². The van der Waals surface area contributed by atoms with Crippen LogP contribution in [-0.4, -0.2) is 43.9 Å². The van der Waals surface area contributed by atoms with Crippen LogP contribution >= 0.6 is 0 Å². The molecule has 0 radical (unpaired) electrons. The highest BCUT2D eigenvalue weighted by atomic mass is 16.2. The Morgan fingerprint density at radius 1 is 1.33 bits per heavy atom. The van der Waals surface area contributed by atoms with Crippen LogP contribution in [0.5, 0.6) is 0 Å². The molecule has 2 amide bonds. The zero-order valence-corrected chi connectivity index (χ0v) is 12.7. The SMILES string of the molecule is CN(C)C(=O)c1ccc(N)c(N2CCC(C)(C(N)=O)C2)c1. The number of hydrogen-bond donors (Lipinski definition) is 2. The van der Waals surface area contributed by atoms with Gasteiger partial charge in [0.05, 0.1) is 16.8 Å². The summed E-state index contributed by atoms with van der Waals surface area (Å²) in [5.41, 5.74) is 12.9. The summed E-state index contributed by atoms with van der Waals surface area (Å²) in [4.78, 5) is 27.1. The Balaban J connectivity index is 2.31. The van der Waals surface area contributed by atoms with E-state index in [9.17, 15) is 9.59 Å². The van der Waals surface area contributed by atoms with Gasteiger partial charge in [0, 0.05) is 32.7 Å². The lowest BCUT2D eigenvalue weighted by Gasteiger charge is -2.24. The maximum atomic E-state index is 12.1.